The van der Waals surface area contributed by atoms with Crippen molar-refractivity contribution in [3.8, 4) is 0 Å². The van der Waals surface area contributed by atoms with E-state index in [1.54, 1.807) is 35.4 Å². The number of aromatic nitrogens is 1. The molecule has 0 atom stereocenters. The van der Waals surface area contributed by atoms with Crippen LogP contribution in [0.4, 0.5) is 0 Å². The van der Waals surface area contributed by atoms with Crippen LogP contribution in [-0.4, -0.2) is 54.3 Å². The maximum absolute atomic E-state index is 13.2. The molecule has 182 valence electrons. The number of benzene rings is 2. The maximum Gasteiger partial charge on any atom is 0.263 e. The number of nitrogens with zero attached hydrogens (tertiary/aromatic N) is 3. The number of fused-ring (bicyclic) bond motifs is 1. The highest BCUT2D eigenvalue weighted by Gasteiger charge is 2.31. The first-order chi connectivity index (χ1) is 16.8. The van der Waals surface area contributed by atoms with Gasteiger partial charge >= 0.3 is 0 Å². The van der Waals surface area contributed by atoms with Crippen molar-refractivity contribution in [1.82, 2.24) is 13.8 Å². The summed E-state index contributed by atoms with van der Waals surface area (Å²) < 4.78 is 29.4. The Hall–Kier alpha value is -3.23. The summed E-state index contributed by atoms with van der Waals surface area (Å²) in [7, 11) is -3.62. The summed E-state index contributed by atoms with van der Waals surface area (Å²) in [5, 5.41) is 0. The Bertz CT molecular complexity index is 1440. The van der Waals surface area contributed by atoms with E-state index in [4.69, 9.17) is 0 Å². The first-order valence-corrected chi connectivity index (χ1v) is 13.4. The van der Waals surface area contributed by atoms with Gasteiger partial charge in [-0.2, -0.15) is 4.31 Å². The maximum atomic E-state index is 13.2. The zero-order chi connectivity index (χ0) is 24.6. The van der Waals surface area contributed by atoms with Crippen LogP contribution in [0.3, 0.4) is 0 Å². The number of amides is 1. The topological polar surface area (TPSA) is 79.7 Å². The van der Waals surface area contributed by atoms with Crippen molar-refractivity contribution in [2.45, 2.75) is 37.6 Å². The fraction of sp³-hybridized carbons (Fsp3) is 0.333. The van der Waals surface area contributed by atoms with Crippen molar-refractivity contribution >= 4 is 15.9 Å². The van der Waals surface area contributed by atoms with E-state index in [9.17, 15) is 18.0 Å². The van der Waals surface area contributed by atoms with E-state index in [-0.39, 0.29) is 43.2 Å². The number of piperazine rings is 1. The van der Waals surface area contributed by atoms with Gasteiger partial charge < -0.3 is 9.47 Å². The van der Waals surface area contributed by atoms with Crippen LogP contribution in [0.5, 0.6) is 0 Å². The fourth-order valence-corrected chi connectivity index (χ4v) is 6.46. The van der Waals surface area contributed by atoms with Crippen LogP contribution in [0.25, 0.3) is 0 Å². The largest absolute Gasteiger partial charge is 0.336 e. The average Bonchev–Trinajstić information content (AvgIpc) is 3.33. The predicted molar refractivity (Wildman–Crippen MR) is 134 cm³/mol. The van der Waals surface area contributed by atoms with Crippen LogP contribution < -0.4 is 5.56 Å². The SMILES string of the molecule is Cc1cccc(Cn2cccc(C(=O)N3CCN(S(=O)(=O)c4ccc5c(c4)CCC5)CC3)c2=O)c1. The van der Waals surface area contributed by atoms with E-state index in [0.29, 0.717) is 11.4 Å². The molecule has 0 saturated carbocycles. The Labute approximate surface area is 205 Å². The molecule has 3 aromatic rings. The van der Waals surface area contributed by atoms with E-state index >= 15 is 0 Å². The number of carbonyl (C=O) groups excluding carboxylic acids is 1. The van der Waals surface area contributed by atoms with Gasteiger partial charge in [-0.1, -0.05) is 35.9 Å². The summed E-state index contributed by atoms with van der Waals surface area (Å²) in [6, 6.07) is 16.6. The number of pyridine rings is 1. The summed E-state index contributed by atoms with van der Waals surface area (Å²) in [5.41, 5.74) is 4.21. The fourth-order valence-electron chi connectivity index (χ4n) is 4.99. The van der Waals surface area contributed by atoms with Crippen LogP contribution in [0.15, 0.2) is 70.5 Å². The molecule has 5 rings (SSSR count). The molecule has 35 heavy (non-hydrogen) atoms. The van der Waals surface area contributed by atoms with Crippen LogP contribution in [0.2, 0.25) is 0 Å². The number of carbonyl (C=O) groups is 1. The standard InChI is InChI=1S/C27H29N3O4S/c1-20-5-2-6-21(17-20)19-29-12-4-9-25(27(29)32)26(31)28-13-15-30(16-14-28)35(33,34)24-11-10-22-7-3-8-23(22)18-24/h2,4-6,9-12,17-18H,3,7-8,13-16,19H2,1H3. The van der Waals surface area contributed by atoms with Crippen molar-refractivity contribution in [1.29, 1.82) is 0 Å². The molecule has 0 radical (unpaired) electrons. The van der Waals surface area contributed by atoms with Crippen molar-refractivity contribution in [3.63, 3.8) is 0 Å². The molecular formula is C27H29N3O4S. The minimum atomic E-state index is -3.62. The molecule has 0 N–H and O–H groups in total. The third-order valence-electron chi connectivity index (χ3n) is 6.92. The molecule has 8 heteroatoms. The van der Waals surface area contributed by atoms with Gasteiger partial charge in [-0.3, -0.25) is 9.59 Å². The molecule has 1 aliphatic carbocycles. The summed E-state index contributed by atoms with van der Waals surface area (Å²) in [5.74, 6) is -0.358. The second-order valence-electron chi connectivity index (χ2n) is 9.32. The lowest BCUT2D eigenvalue weighted by Crippen LogP contribution is -2.51. The number of hydrogen-bond donors (Lipinski definition) is 0. The van der Waals surface area contributed by atoms with Crippen LogP contribution in [0, 0.1) is 6.92 Å². The molecule has 2 aromatic carbocycles. The van der Waals surface area contributed by atoms with Gasteiger partial charge in [0.05, 0.1) is 11.4 Å². The predicted octanol–water partition coefficient (Wildman–Crippen LogP) is 2.84. The Morgan fingerprint density at radius 2 is 1.69 bits per heavy atom. The lowest BCUT2D eigenvalue weighted by atomic mass is 10.1. The van der Waals surface area contributed by atoms with Crippen molar-refractivity contribution in [3.05, 3.63) is 99.0 Å². The molecule has 1 aliphatic heterocycles. The highest BCUT2D eigenvalue weighted by atomic mass is 32.2. The summed E-state index contributed by atoms with van der Waals surface area (Å²) in [4.78, 5) is 28.1. The normalized spacial score (nSPS) is 16.3. The van der Waals surface area contributed by atoms with Gasteiger partial charge in [0.2, 0.25) is 10.0 Å². The van der Waals surface area contributed by atoms with Crippen molar-refractivity contribution < 1.29 is 13.2 Å². The highest BCUT2D eigenvalue weighted by Crippen LogP contribution is 2.27. The lowest BCUT2D eigenvalue weighted by molar-refractivity contribution is 0.0695. The molecule has 7 nitrogen and oxygen atoms in total. The Balaban J connectivity index is 1.28. The van der Waals surface area contributed by atoms with Crippen LogP contribution in [-0.2, 0) is 29.4 Å². The van der Waals surface area contributed by atoms with Gasteiger partial charge in [-0.25, -0.2) is 8.42 Å². The first kappa shape index (κ1) is 23.5. The van der Waals surface area contributed by atoms with Crippen molar-refractivity contribution in [2.75, 3.05) is 26.2 Å². The van der Waals surface area contributed by atoms with Crippen molar-refractivity contribution in [2.24, 2.45) is 0 Å². The molecule has 2 aliphatic rings. The van der Waals surface area contributed by atoms with Gasteiger partial charge in [0, 0.05) is 32.4 Å². The molecule has 1 amide bonds. The molecule has 1 saturated heterocycles. The molecule has 0 bridgehead atoms. The molecule has 0 unspecified atom stereocenters. The third-order valence-corrected chi connectivity index (χ3v) is 8.81. The average molecular weight is 492 g/mol. The van der Waals surface area contributed by atoms with E-state index < -0.39 is 10.0 Å². The molecular weight excluding hydrogens is 462 g/mol. The minimum absolute atomic E-state index is 0.107. The quantitative estimate of drug-likeness (QED) is 0.550. The first-order valence-electron chi connectivity index (χ1n) is 12.0. The van der Waals surface area contributed by atoms with Gasteiger partial charge in [-0.05, 0) is 67.1 Å². The monoisotopic (exact) mass is 491 g/mol. The number of aryl methyl sites for hydroxylation is 3. The third kappa shape index (κ3) is 4.68. The van der Waals surface area contributed by atoms with Gasteiger partial charge in [0.25, 0.3) is 11.5 Å². The summed E-state index contributed by atoms with van der Waals surface area (Å²) >= 11 is 0. The number of rotatable bonds is 5. The summed E-state index contributed by atoms with van der Waals surface area (Å²) in [6.07, 6.45) is 4.66. The van der Waals surface area contributed by atoms with E-state index in [2.05, 4.69) is 0 Å². The Kier molecular flexibility index (Phi) is 6.34. The van der Waals surface area contributed by atoms with Gasteiger partial charge in [0.15, 0.2) is 0 Å². The zero-order valence-corrected chi connectivity index (χ0v) is 20.6. The second-order valence-corrected chi connectivity index (χ2v) is 11.3. The van der Waals surface area contributed by atoms with Crippen LogP contribution >= 0.6 is 0 Å². The summed E-state index contributed by atoms with van der Waals surface area (Å²) in [6.45, 7) is 3.28. The van der Waals surface area contributed by atoms with E-state index in [1.165, 1.54) is 14.4 Å². The number of hydrogen-bond acceptors (Lipinski definition) is 4. The smallest absolute Gasteiger partial charge is 0.263 e. The molecule has 2 heterocycles. The lowest BCUT2D eigenvalue weighted by Gasteiger charge is -2.34. The van der Waals surface area contributed by atoms with E-state index in [0.717, 1.165) is 36.0 Å². The van der Waals surface area contributed by atoms with Crippen LogP contribution in [0.1, 0.15) is 39.0 Å². The number of sulfonamides is 1. The molecule has 0 spiro atoms. The van der Waals surface area contributed by atoms with Gasteiger partial charge in [-0.15, -0.1) is 0 Å². The molecule has 1 fully saturated rings. The van der Waals surface area contributed by atoms with E-state index in [1.807, 2.05) is 37.3 Å². The Morgan fingerprint density at radius 3 is 2.46 bits per heavy atom. The zero-order valence-electron chi connectivity index (χ0n) is 19.8. The highest BCUT2D eigenvalue weighted by molar-refractivity contribution is 7.89. The molecule has 1 aromatic heterocycles. The Morgan fingerprint density at radius 1 is 0.914 bits per heavy atom. The minimum Gasteiger partial charge on any atom is -0.336 e. The second kappa shape index (κ2) is 9.43. The van der Waals surface area contributed by atoms with Gasteiger partial charge in [0.1, 0.15) is 5.56 Å².